The van der Waals surface area contributed by atoms with Crippen LogP contribution in [0.4, 0.5) is 5.69 Å². The lowest BCUT2D eigenvalue weighted by Gasteiger charge is -2.32. The van der Waals surface area contributed by atoms with Crippen LogP contribution in [0.25, 0.3) is 0 Å². The van der Waals surface area contributed by atoms with Gasteiger partial charge in [0.2, 0.25) is 5.91 Å². The summed E-state index contributed by atoms with van der Waals surface area (Å²) in [6, 6.07) is 20.4. The van der Waals surface area contributed by atoms with Crippen molar-refractivity contribution in [2.45, 2.75) is 12.5 Å². The molecule has 4 rings (SSSR count). The topological polar surface area (TPSA) is 84.4 Å². The second-order valence-corrected chi connectivity index (χ2v) is 9.19. The third-order valence-corrected chi connectivity index (χ3v) is 6.51. The highest BCUT2D eigenvalue weighted by Gasteiger charge is 2.37. The van der Waals surface area contributed by atoms with Gasteiger partial charge in [0.15, 0.2) is 5.69 Å². The molecule has 2 amide bonds. The third-order valence-electron chi connectivity index (χ3n) is 5.46. The second kappa shape index (κ2) is 12.0. The lowest BCUT2D eigenvalue weighted by Crippen LogP contribution is -2.45. The number of hydrogen-bond donors (Lipinski definition) is 1. The van der Waals surface area contributed by atoms with E-state index in [4.69, 9.17) is 27.9 Å². The van der Waals surface area contributed by atoms with Crippen molar-refractivity contribution in [1.82, 2.24) is 14.9 Å². The molecule has 0 fully saturated rings. The molecule has 1 heterocycles. The van der Waals surface area contributed by atoms with E-state index in [0.29, 0.717) is 35.0 Å². The molecule has 0 saturated heterocycles. The molecule has 1 aromatic heterocycles. The number of carbonyl (C=O) groups is 2. The molecular formula is C26H22Cl2N4O3S. The number of halogens is 2. The predicted molar refractivity (Wildman–Crippen MR) is 142 cm³/mol. The Labute approximate surface area is 222 Å². The highest BCUT2D eigenvalue weighted by Crippen LogP contribution is 2.38. The number of nitrogens with zero attached hydrogens (tertiary/aromatic N) is 3. The fourth-order valence-corrected chi connectivity index (χ4v) is 4.71. The molecule has 184 valence electrons. The third kappa shape index (κ3) is 5.84. The molecule has 0 aliphatic rings. The van der Waals surface area contributed by atoms with Gasteiger partial charge in [-0.3, -0.25) is 14.5 Å². The van der Waals surface area contributed by atoms with Gasteiger partial charge in [-0.15, -0.1) is 5.10 Å². The van der Waals surface area contributed by atoms with Crippen LogP contribution in [0.15, 0.2) is 78.2 Å². The second-order valence-electron chi connectivity index (χ2n) is 7.73. The maximum atomic E-state index is 13.8. The van der Waals surface area contributed by atoms with E-state index in [1.165, 1.54) is 23.5 Å². The van der Waals surface area contributed by atoms with Gasteiger partial charge in [0.25, 0.3) is 5.91 Å². The first kappa shape index (κ1) is 25.6. The van der Waals surface area contributed by atoms with Gasteiger partial charge < -0.3 is 10.1 Å². The molecule has 7 nitrogen and oxygen atoms in total. The first-order chi connectivity index (χ1) is 17.5. The van der Waals surface area contributed by atoms with Gasteiger partial charge in [-0.1, -0.05) is 76.2 Å². The highest BCUT2D eigenvalue weighted by molar-refractivity contribution is 7.03. The van der Waals surface area contributed by atoms with Crippen LogP contribution in [0.1, 0.15) is 27.7 Å². The SMILES string of the molecule is COc1ccccc1[C@H](C(=O)NCCc1ccccc1)N(C(=O)c1csnn1)c1ccc(Cl)cc1Cl. The van der Waals surface area contributed by atoms with Crippen molar-refractivity contribution in [1.29, 1.82) is 0 Å². The Kier molecular flexibility index (Phi) is 8.53. The fourth-order valence-electron chi connectivity index (χ4n) is 3.78. The smallest absolute Gasteiger partial charge is 0.280 e. The minimum atomic E-state index is -1.12. The zero-order valence-corrected chi connectivity index (χ0v) is 21.6. The summed E-state index contributed by atoms with van der Waals surface area (Å²) in [6.07, 6.45) is 0.622. The summed E-state index contributed by atoms with van der Waals surface area (Å²) in [4.78, 5) is 28.9. The van der Waals surface area contributed by atoms with E-state index in [2.05, 4.69) is 14.9 Å². The number of para-hydroxylation sites is 1. The van der Waals surface area contributed by atoms with Crippen molar-refractivity contribution >= 4 is 52.2 Å². The van der Waals surface area contributed by atoms with Crippen molar-refractivity contribution in [3.8, 4) is 5.75 Å². The van der Waals surface area contributed by atoms with Gasteiger partial charge in [-0.25, -0.2) is 0 Å². The number of ether oxygens (including phenoxy) is 1. The number of aromatic nitrogens is 2. The Morgan fingerprint density at radius 2 is 1.81 bits per heavy atom. The van der Waals surface area contributed by atoms with Crippen molar-refractivity contribution in [2.24, 2.45) is 0 Å². The van der Waals surface area contributed by atoms with Crippen molar-refractivity contribution in [2.75, 3.05) is 18.6 Å². The van der Waals surface area contributed by atoms with Crippen LogP contribution in [-0.2, 0) is 11.2 Å². The van der Waals surface area contributed by atoms with Gasteiger partial charge in [0, 0.05) is 22.5 Å². The summed E-state index contributed by atoms with van der Waals surface area (Å²) in [6.45, 7) is 0.364. The summed E-state index contributed by atoms with van der Waals surface area (Å²) >= 11 is 13.7. The zero-order chi connectivity index (χ0) is 25.5. The Morgan fingerprint density at radius 1 is 1.06 bits per heavy atom. The summed E-state index contributed by atoms with van der Waals surface area (Å²) in [5, 5.41) is 9.03. The standard InChI is InChI=1S/C26H22Cl2N4O3S/c1-35-23-10-6-5-9-19(23)24(25(33)29-14-13-17-7-3-2-4-8-17)32(26(34)21-16-36-31-30-21)22-12-11-18(27)15-20(22)28/h2-12,15-16,24H,13-14H2,1H3,(H,29,33)/t24-/m1/s1. The van der Waals surface area contributed by atoms with E-state index in [0.717, 1.165) is 17.1 Å². The van der Waals surface area contributed by atoms with Gasteiger partial charge in [0.1, 0.15) is 11.8 Å². The zero-order valence-electron chi connectivity index (χ0n) is 19.2. The predicted octanol–water partition coefficient (Wildman–Crippen LogP) is 5.60. The lowest BCUT2D eigenvalue weighted by atomic mass is 10.0. The molecule has 0 spiro atoms. The number of benzene rings is 3. The monoisotopic (exact) mass is 540 g/mol. The first-order valence-electron chi connectivity index (χ1n) is 11.0. The number of nitrogens with one attached hydrogen (secondary N) is 1. The van der Waals surface area contributed by atoms with Gasteiger partial charge >= 0.3 is 0 Å². The van der Waals surface area contributed by atoms with Gasteiger partial charge in [-0.2, -0.15) is 0 Å². The molecule has 0 aliphatic heterocycles. The Balaban J connectivity index is 1.78. The van der Waals surface area contributed by atoms with Crippen LogP contribution < -0.4 is 15.0 Å². The van der Waals surface area contributed by atoms with Crippen LogP contribution in [-0.4, -0.2) is 35.1 Å². The number of hydrogen-bond acceptors (Lipinski definition) is 6. The molecule has 0 aliphatic carbocycles. The largest absolute Gasteiger partial charge is 0.496 e. The van der Waals surface area contributed by atoms with Crippen LogP contribution >= 0.6 is 34.7 Å². The summed E-state index contributed by atoms with van der Waals surface area (Å²) < 4.78 is 9.37. The molecule has 0 radical (unpaired) electrons. The number of rotatable bonds is 9. The molecule has 3 aromatic carbocycles. The number of amides is 2. The van der Waals surface area contributed by atoms with Crippen molar-refractivity contribution < 1.29 is 14.3 Å². The molecule has 1 atom stereocenters. The molecule has 0 unspecified atom stereocenters. The summed E-state index contributed by atoms with van der Waals surface area (Å²) in [5.41, 5.74) is 1.95. The molecule has 10 heteroatoms. The lowest BCUT2D eigenvalue weighted by molar-refractivity contribution is -0.122. The molecule has 1 N–H and O–H groups in total. The first-order valence-corrected chi connectivity index (χ1v) is 12.6. The number of methoxy groups -OCH3 is 1. The summed E-state index contributed by atoms with van der Waals surface area (Å²) in [7, 11) is 1.51. The minimum Gasteiger partial charge on any atom is -0.496 e. The molecular weight excluding hydrogens is 519 g/mol. The number of anilines is 1. The molecule has 4 aromatic rings. The van der Waals surface area contributed by atoms with Crippen LogP contribution in [0.3, 0.4) is 0 Å². The maximum absolute atomic E-state index is 13.8. The fraction of sp³-hybridized carbons (Fsp3) is 0.154. The van der Waals surface area contributed by atoms with Gasteiger partial charge in [-0.05, 0) is 47.8 Å². The Morgan fingerprint density at radius 3 is 2.50 bits per heavy atom. The molecule has 36 heavy (non-hydrogen) atoms. The van der Waals surface area contributed by atoms with E-state index < -0.39 is 17.9 Å². The molecule has 0 bridgehead atoms. The summed E-state index contributed by atoms with van der Waals surface area (Å²) in [5.74, 6) is -0.500. The minimum absolute atomic E-state index is 0.0861. The Hall–Kier alpha value is -3.46. The van der Waals surface area contributed by atoms with E-state index >= 15 is 0 Å². The van der Waals surface area contributed by atoms with E-state index in [9.17, 15) is 9.59 Å². The highest BCUT2D eigenvalue weighted by atomic mass is 35.5. The van der Waals surface area contributed by atoms with Crippen molar-refractivity contribution in [3.05, 3.63) is 105 Å². The van der Waals surface area contributed by atoms with E-state index in [1.807, 2.05) is 30.3 Å². The van der Waals surface area contributed by atoms with E-state index in [-0.39, 0.29) is 10.7 Å². The normalized spacial score (nSPS) is 11.5. The van der Waals surface area contributed by atoms with Crippen molar-refractivity contribution in [3.63, 3.8) is 0 Å². The van der Waals surface area contributed by atoms with Gasteiger partial charge in [0.05, 0.1) is 17.8 Å². The number of carbonyl (C=O) groups excluding carboxylic acids is 2. The van der Waals surface area contributed by atoms with Crippen LogP contribution in [0.5, 0.6) is 5.75 Å². The molecule has 0 saturated carbocycles. The quantitative estimate of drug-likeness (QED) is 0.298. The Bertz CT molecular complexity index is 1340. The average molecular weight is 541 g/mol. The van der Waals surface area contributed by atoms with Crippen LogP contribution in [0, 0.1) is 0 Å². The maximum Gasteiger partial charge on any atom is 0.280 e. The van der Waals surface area contributed by atoms with E-state index in [1.54, 1.807) is 36.4 Å². The van der Waals surface area contributed by atoms with Crippen LogP contribution in [0.2, 0.25) is 10.0 Å². The average Bonchev–Trinajstić information content (AvgIpc) is 3.43.